The molecule has 0 saturated carbocycles. The first-order valence-corrected chi connectivity index (χ1v) is 23.3. The number of rotatable bonds is 37. The molecule has 0 spiro atoms. The standard InChI is InChI=1S/C45H85N3O10/c1-5-7-9-11-13-15-17-19-21-23-25-27-29-35(30-28-26-24-22-20-18-16-14-12-10-8-6-2)42(54)48-37(33-57-45-41(53)40(52)39(51)34(3)58-45)44(56)47-36(43(55)46-4)31-32-38(49)50/h34-37,39-41,45,51-53H,5-33H2,1-4H3,(H,46,55)(H,47,56)(H,48,54)(H,49,50)/t34-,36-,37-,39+,40-,41-,45-/m0/s1. The Hall–Kier alpha value is -2.32. The Bertz CT molecular complexity index is 1050. The van der Waals surface area contributed by atoms with Gasteiger partial charge >= 0.3 is 5.97 Å². The van der Waals surface area contributed by atoms with E-state index in [2.05, 4.69) is 29.8 Å². The average molecular weight is 828 g/mol. The molecule has 1 aliphatic rings. The molecule has 7 N–H and O–H groups in total. The van der Waals surface area contributed by atoms with Crippen LogP contribution in [0.3, 0.4) is 0 Å². The van der Waals surface area contributed by atoms with E-state index >= 15 is 0 Å². The third-order valence-corrected chi connectivity index (χ3v) is 11.6. The number of amides is 3. The first-order chi connectivity index (χ1) is 28.0. The SMILES string of the molecule is CCCCCCCCCCCCCCC(CCCCCCCCCCCCCC)C(=O)N[C@@H](CO[C@H]1O[C@@H](C)[C@@H](O)[C@H](O)[C@@H]1O)C(=O)N[C@@H](CCC(=O)O)C(=O)NC. The number of aliphatic carboxylic acids is 1. The van der Waals surface area contributed by atoms with Crippen molar-refractivity contribution >= 4 is 23.7 Å². The van der Waals surface area contributed by atoms with E-state index in [1.165, 1.54) is 130 Å². The number of carbonyl (C=O) groups is 4. The number of carboxylic acids is 1. The molecule has 0 aromatic heterocycles. The van der Waals surface area contributed by atoms with Gasteiger partial charge in [-0.05, 0) is 26.2 Å². The van der Waals surface area contributed by atoms with Crippen molar-refractivity contribution < 1.29 is 49.1 Å². The van der Waals surface area contributed by atoms with Gasteiger partial charge in [-0.1, -0.05) is 168 Å². The van der Waals surface area contributed by atoms with Gasteiger partial charge in [0.25, 0.3) is 0 Å². The van der Waals surface area contributed by atoms with Crippen LogP contribution in [0.4, 0.5) is 0 Å². The summed E-state index contributed by atoms with van der Waals surface area (Å²) in [5.41, 5.74) is 0. The Balaban J connectivity index is 2.93. The number of hydrogen-bond acceptors (Lipinski definition) is 9. The van der Waals surface area contributed by atoms with Gasteiger partial charge in [-0.25, -0.2) is 0 Å². The van der Waals surface area contributed by atoms with E-state index < -0.39 is 67.2 Å². The monoisotopic (exact) mass is 828 g/mol. The van der Waals surface area contributed by atoms with E-state index in [1.54, 1.807) is 0 Å². The number of likely N-dealkylation sites (N-methyl/N-ethyl adjacent to an activating group) is 1. The summed E-state index contributed by atoms with van der Waals surface area (Å²) in [6, 6.07) is -2.51. The molecular formula is C45H85N3O10. The average Bonchev–Trinajstić information content (AvgIpc) is 3.21. The highest BCUT2D eigenvalue weighted by Crippen LogP contribution is 2.23. The molecule has 3 amide bonds. The highest BCUT2D eigenvalue weighted by Gasteiger charge is 2.43. The molecule has 1 aliphatic heterocycles. The van der Waals surface area contributed by atoms with E-state index in [0.717, 1.165) is 38.5 Å². The van der Waals surface area contributed by atoms with Crippen LogP contribution in [0.5, 0.6) is 0 Å². The quantitative estimate of drug-likeness (QED) is 0.0314. The van der Waals surface area contributed by atoms with E-state index in [0.29, 0.717) is 12.8 Å². The van der Waals surface area contributed by atoms with Gasteiger partial charge in [0.15, 0.2) is 6.29 Å². The summed E-state index contributed by atoms with van der Waals surface area (Å²) in [6.07, 6.45) is 23.1. The number of carboxylic acid groups (broad SMARTS) is 1. The van der Waals surface area contributed by atoms with Crippen LogP contribution in [0.15, 0.2) is 0 Å². The van der Waals surface area contributed by atoms with Crippen molar-refractivity contribution in [1.82, 2.24) is 16.0 Å². The maximum absolute atomic E-state index is 14.0. The van der Waals surface area contributed by atoms with Crippen LogP contribution in [0.25, 0.3) is 0 Å². The lowest BCUT2D eigenvalue weighted by molar-refractivity contribution is -0.293. The predicted octanol–water partition coefficient (Wildman–Crippen LogP) is 7.21. The lowest BCUT2D eigenvalue weighted by Crippen LogP contribution is -2.59. The third-order valence-electron chi connectivity index (χ3n) is 11.6. The van der Waals surface area contributed by atoms with Crippen molar-refractivity contribution in [1.29, 1.82) is 0 Å². The van der Waals surface area contributed by atoms with Gasteiger partial charge in [-0.3, -0.25) is 19.2 Å². The Morgan fingerprint density at radius 1 is 0.552 bits per heavy atom. The minimum atomic E-state index is -1.62. The summed E-state index contributed by atoms with van der Waals surface area (Å²) in [7, 11) is 1.38. The lowest BCUT2D eigenvalue weighted by Gasteiger charge is -2.39. The number of nitrogens with one attached hydrogen (secondary N) is 3. The maximum atomic E-state index is 14.0. The van der Waals surface area contributed by atoms with Crippen LogP contribution in [0, 0.1) is 5.92 Å². The Labute approximate surface area is 350 Å². The minimum absolute atomic E-state index is 0.172. The number of unbranched alkanes of at least 4 members (excludes halogenated alkanes) is 22. The van der Waals surface area contributed by atoms with Crippen LogP contribution in [0.2, 0.25) is 0 Å². The molecule has 0 aromatic carbocycles. The zero-order valence-electron chi connectivity index (χ0n) is 36.9. The van der Waals surface area contributed by atoms with Crippen LogP contribution in [0.1, 0.15) is 201 Å². The first-order valence-electron chi connectivity index (χ1n) is 23.3. The smallest absolute Gasteiger partial charge is 0.303 e. The molecule has 0 aliphatic carbocycles. The molecular weight excluding hydrogens is 743 g/mol. The van der Waals surface area contributed by atoms with E-state index in [9.17, 15) is 39.6 Å². The van der Waals surface area contributed by atoms with Crippen LogP contribution >= 0.6 is 0 Å². The number of aliphatic hydroxyl groups excluding tert-OH is 3. The van der Waals surface area contributed by atoms with Crippen molar-refractivity contribution in [3.63, 3.8) is 0 Å². The Morgan fingerprint density at radius 3 is 1.38 bits per heavy atom. The van der Waals surface area contributed by atoms with Gasteiger partial charge in [0, 0.05) is 19.4 Å². The summed E-state index contributed by atoms with van der Waals surface area (Å²) in [5.74, 6) is -3.15. The molecule has 340 valence electrons. The fourth-order valence-corrected chi connectivity index (χ4v) is 7.67. The van der Waals surface area contributed by atoms with Crippen LogP contribution < -0.4 is 16.0 Å². The van der Waals surface area contributed by atoms with Crippen molar-refractivity contribution in [2.24, 2.45) is 5.92 Å². The van der Waals surface area contributed by atoms with Crippen molar-refractivity contribution in [3.05, 3.63) is 0 Å². The zero-order valence-corrected chi connectivity index (χ0v) is 36.9. The summed E-state index contributed by atoms with van der Waals surface area (Å²) < 4.78 is 11.3. The first kappa shape index (κ1) is 53.7. The zero-order chi connectivity index (χ0) is 43.0. The largest absolute Gasteiger partial charge is 0.481 e. The number of ether oxygens (including phenoxy) is 2. The molecule has 13 nitrogen and oxygen atoms in total. The summed E-state index contributed by atoms with van der Waals surface area (Å²) >= 11 is 0. The maximum Gasteiger partial charge on any atom is 0.303 e. The fourth-order valence-electron chi connectivity index (χ4n) is 7.67. The predicted molar refractivity (Wildman–Crippen MR) is 228 cm³/mol. The number of aliphatic hydroxyl groups is 3. The van der Waals surface area contributed by atoms with E-state index in [-0.39, 0.29) is 24.7 Å². The highest BCUT2D eigenvalue weighted by atomic mass is 16.7. The van der Waals surface area contributed by atoms with Gasteiger partial charge in [-0.2, -0.15) is 0 Å². The molecule has 58 heavy (non-hydrogen) atoms. The summed E-state index contributed by atoms with van der Waals surface area (Å²) in [4.78, 5) is 51.7. The molecule has 0 bridgehead atoms. The molecule has 1 rings (SSSR count). The third kappa shape index (κ3) is 24.7. The molecule has 7 atom stereocenters. The number of carbonyl (C=O) groups excluding carboxylic acids is 3. The normalized spacial score (nSPS) is 20.4. The molecule has 0 unspecified atom stereocenters. The topological polar surface area (TPSA) is 204 Å². The van der Waals surface area contributed by atoms with Gasteiger partial charge < -0.3 is 45.9 Å². The van der Waals surface area contributed by atoms with E-state index in [4.69, 9.17) is 9.47 Å². The summed E-state index contributed by atoms with van der Waals surface area (Å²) in [6.45, 7) is 5.51. The highest BCUT2D eigenvalue weighted by molar-refractivity contribution is 5.92. The molecule has 0 aromatic rings. The van der Waals surface area contributed by atoms with Gasteiger partial charge in [0.2, 0.25) is 17.7 Å². The van der Waals surface area contributed by atoms with Crippen molar-refractivity contribution in [2.45, 2.75) is 243 Å². The minimum Gasteiger partial charge on any atom is -0.481 e. The molecule has 1 fully saturated rings. The van der Waals surface area contributed by atoms with Crippen LogP contribution in [-0.2, 0) is 28.7 Å². The second-order valence-corrected chi connectivity index (χ2v) is 16.7. The lowest BCUT2D eigenvalue weighted by atomic mass is 9.92. The van der Waals surface area contributed by atoms with Crippen LogP contribution in [-0.4, -0.2) is 101 Å². The molecule has 1 heterocycles. The molecule has 0 radical (unpaired) electrons. The van der Waals surface area contributed by atoms with E-state index in [1.807, 2.05) is 0 Å². The van der Waals surface area contributed by atoms with Gasteiger partial charge in [0.1, 0.15) is 30.4 Å². The second-order valence-electron chi connectivity index (χ2n) is 16.7. The van der Waals surface area contributed by atoms with Crippen molar-refractivity contribution in [2.75, 3.05) is 13.7 Å². The van der Waals surface area contributed by atoms with Gasteiger partial charge in [0.05, 0.1) is 12.7 Å². The van der Waals surface area contributed by atoms with Crippen molar-refractivity contribution in [3.8, 4) is 0 Å². The molecule has 1 saturated heterocycles. The van der Waals surface area contributed by atoms with Gasteiger partial charge in [-0.15, -0.1) is 0 Å². The number of hydrogen-bond donors (Lipinski definition) is 7. The Kier molecular flexibility index (Phi) is 31.8. The molecule has 13 heteroatoms. The Morgan fingerprint density at radius 2 is 0.966 bits per heavy atom. The summed E-state index contributed by atoms with van der Waals surface area (Å²) in [5, 5.41) is 48.1. The fraction of sp³-hybridized carbons (Fsp3) is 0.911. The second kappa shape index (κ2) is 34.4.